The highest BCUT2D eigenvalue weighted by atomic mass is 15.2. The van der Waals surface area contributed by atoms with Gasteiger partial charge in [0.1, 0.15) is 11.3 Å². The number of likely N-dealkylation sites (tertiary alicyclic amines) is 1. The standard InChI is InChI=1S/C23H31N5/c1-15-9-20(10-16(2)25-15)11-19-7-6-8-28(14-19)17(3)21-12-22-23(24-13-21)27(5)18(4)26-22/h9-10,12-13,17,19H,6-8,11,14H2,1-5H3. The number of fused-ring (bicyclic) bond motifs is 1. The second-order valence-electron chi connectivity index (χ2n) is 8.47. The molecule has 5 heteroatoms. The molecule has 1 fully saturated rings. The van der Waals surface area contributed by atoms with Gasteiger partial charge in [-0.05, 0) is 88.7 Å². The lowest BCUT2D eigenvalue weighted by molar-refractivity contribution is 0.131. The number of imidazole rings is 1. The number of hydrogen-bond acceptors (Lipinski definition) is 4. The van der Waals surface area contributed by atoms with Crippen LogP contribution in [0.2, 0.25) is 0 Å². The summed E-state index contributed by atoms with van der Waals surface area (Å²) in [6.45, 7) is 10.8. The molecular formula is C23H31N5. The molecule has 0 spiro atoms. The Morgan fingerprint density at radius 1 is 1.11 bits per heavy atom. The predicted octanol–water partition coefficient (Wildman–Crippen LogP) is 4.30. The van der Waals surface area contributed by atoms with E-state index < -0.39 is 0 Å². The minimum atomic E-state index is 0.364. The van der Waals surface area contributed by atoms with Crippen molar-refractivity contribution in [1.82, 2.24) is 24.4 Å². The molecule has 0 aromatic carbocycles. The van der Waals surface area contributed by atoms with E-state index in [4.69, 9.17) is 4.98 Å². The van der Waals surface area contributed by atoms with Crippen LogP contribution in [0.15, 0.2) is 24.4 Å². The molecule has 2 unspecified atom stereocenters. The highest BCUT2D eigenvalue weighted by Crippen LogP contribution is 2.29. The van der Waals surface area contributed by atoms with Crippen LogP contribution in [0.1, 0.15) is 54.1 Å². The zero-order valence-corrected chi connectivity index (χ0v) is 17.7. The Kier molecular flexibility index (Phi) is 5.19. The molecule has 1 aliphatic rings. The summed E-state index contributed by atoms with van der Waals surface area (Å²) >= 11 is 0. The largest absolute Gasteiger partial charge is 0.316 e. The van der Waals surface area contributed by atoms with Crippen LogP contribution < -0.4 is 0 Å². The molecule has 0 aliphatic carbocycles. The second-order valence-corrected chi connectivity index (χ2v) is 8.47. The summed E-state index contributed by atoms with van der Waals surface area (Å²) < 4.78 is 2.05. The Morgan fingerprint density at radius 2 is 1.86 bits per heavy atom. The van der Waals surface area contributed by atoms with Gasteiger partial charge in [0, 0.05) is 37.2 Å². The number of nitrogens with zero attached hydrogens (tertiary/aromatic N) is 5. The summed E-state index contributed by atoms with van der Waals surface area (Å²) in [5, 5.41) is 0. The van der Waals surface area contributed by atoms with E-state index in [-0.39, 0.29) is 0 Å². The van der Waals surface area contributed by atoms with Crippen molar-refractivity contribution in [3.8, 4) is 0 Å². The number of aromatic nitrogens is 4. The molecule has 4 heterocycles. The van der Waals surface area contributed by atoms with Gasteiger partial charge in [-0.25, -0.2) is 9.97 Å². The minimum Gasteiger partial charge on any atom is -0.316 e. The normalized spacial score (nSPS) is 19.2. The molecule has 0 amide bonds. The first kappa shape index (κ1) is 19.1. The van der Waals surface area contributed by atoms with E-state index in [0.717, 1.165) is 47.9 Å². The minimum absolute atomic E-state index is 0.364. The number of rotatable bonds is 4. The lowest BCUT2D eigenvalue weighted by Crippen LogP contribution is -2.38. The fraction of sp³-hybridized carbons (Fsp3) is 0.522. The molecule has 0 saturated carbocycles. The van der Waals surface area contributed by atoms with Crippen molar-refractivity contribution in [1.29, 1.82) is 0 Å². The molecule has 0 N–H and O–H groups in total. The van der Waals surface area contributed by atoms with Crippen LogP contribution in [0.25, 0.3) is 11.2 Å². The van der Waals surface area contributed by atoms with E-state index in [1.807, 2.05) is 20.2 Å². The molecule has 2 atom stereocenters. The van der Waals surface area contributed by atoms with Crippen molar-refractivity contribution in [2.45, 2.75) is 53.0 Å². The average Bonchev–Trinajstić information content (AvgIpc) is 2.94. The van der Waals surface area contributed by atoms with Gasteiger partial charge in [0.2, 0.25) is 0 Å². The maximum Gasteiger partial charge on any atom is 0.159 e. The third-order valence-corrected chi connectivity index (χ3v) is 6.20. The molecule has 0 radical (unpaired) electrons. The quantitative estimate of drug-likeness (QED) is 0.680. The lowest BCUT2D eigenvalue weighted by atomic mass is 9.90. The van der Waals surface area contributed by atoms with Gasteiger partial charge in [0.05, 0.1) is 0 Å². The summed E-state index contributed by atoms with van der Waals surface area (Å²) in [5.74, 6) is 1.71. The van der Waals surface area contributed by atoms with Crippen molar-refractivity contribution in [3.63, 3.8) is 0 Å². The molecule has 3 aromatic heterocycles. The predicted molar refractivity (Wildman–Crippen MR) is 113 cm³/mol. The first-order chi connectivity index (χ1) is 13.4. The maximum atomic E-state index is 4.69. The van der Waals surface area contributed by atoms with E-state index in [2.05, 4.69) is 58.4 Å². The van der Waals surface area contributed by atoms with Gasteiger partial charge in [0.15, 0.2) is 5.65 Å². The van der Waals surface area contributed by atoms with Crippen LogP contribution in [-0.4, -0.2) is 37.5 Å². The van der Waals surface area contributed by atoms with Gasteiger partial charge in [-0.2, -0.15) is 0 Å². The monoisotopic (exact) mass is 377 g/mol. The lowest BCUT2D eigenvalue weighted by Gasteiger charge is -2.37. The highest BCUT2D eigenvalue weighted by Gasteiger charge is 2.25. The van der Waals surface area contributed by atoms with Crippen LogP contribution >= 0.6 is 0 Å². The molecule has 1 saturated heterocycles. The van der Waals surface area contributed by atoms with Gasteiger partial charge in [-0.1, -0.05) is 0 Å². The molecular weight excluding hydrogens is 346 g/mol. The van der Waals surface area contributed by atoms with E-state index in [1.165, 1.54) is 24.0 Å². The topological polar surface area (TPSA) is 46.8 Å². The number of aryl methyl sites for hydroxylation is 4. The molecule has 3 aromatic rings. The Bertz CT molecular complexity index is 970. The summed E-state index contributed by atoms with van der Waals surface area (Å²) in [7, 11) is 2.03. The summed E-state index contributed by atoms with van der Waals surface area (Å²) in [5.41, 5.74) is 6.91. The van der Waals surface area contributed by atoms with Gasteiger partial charge in [-0.3, -0.25) is 9.88 Å². The summed E-state index contributed by atoms with van der Waals surface area (Å²) in [6, 6.07) is 7.08. The fourth-order valence-electron chi connectivity index (χ4n) is 4.63. The molecule has 148 valence electrons. The first-order valence-electron chi connectivity index (χ1n) is 10.4. The van der Waals surface area contributed by atoms with Crippen LogP contribution in [0.5, 0.6) is 0 Å². The number of piperidine rings is 1. The third-order valence-electron chi connectivity index (χ3n) is 6.20. The zero-order valence-electron chi connectivity index (χ0n) is 17.7. The molecule has 28 heavy (non-hydrogen) atoms. The van der Waals surface area contributed by atoms with E-state index in [9.17, 15) is 0 Å². The number of pyridine rings is 2. The number of hydrogen-bond donors (Lipinski definition) is 0. The van der Waals surface area contributed by atoms with Gasteiger partial charge >= 0.3 is 0 Å². The average molecular weight is 378 g/mol. The van der Waals surface area contributed by atoms with Crippen molar-refractivity contribution in [2.75, 3.05) is 13.1 Å². The van der Waals surface area contributed by atoms with E-state index >= 15 is 0 Å². The second kappa shape index (κ2) is 7.63. The van der Waals surface area contributed by atoms with Crippen LogP contribution in [-0.2, 0) is 13.5 Å². The summed E-state index contributed by atoms with van der Waals surface area (Å²) in [6.07, 6.45) is 5.74. The Morgan fingerprint density at radius 3 is 2.61 bits per heavy atom. The smallest absolute Gasteiger partial charge is 0.159 e. The third kappa shape index (κ3) is 3.81. The molecule has 5 nitrogen and oxygen atoms in total. The Balaban J connectivity index is 1.49. The summed E-state index contributed by atoms with van der Waals surface area (Å²) in [4.78, 5) is 16.5. The van der Waals surface area contributed by atoms with Gasteiger partial charge in [-0.15, -0.1) is 0 Å². The van der Waals surface area contributed by atoms with Crippen molar-refractivity contribution in [2.24, 2.45) is 13.0 Å². The van der Waals surface area contributed by atoms with Crippen LogP contribution in [0.4, 0.5) is 0 Å². The Hall–Kier alpha value is -2.27. The van der Waals surface area contributed by atoms with Crippen molar-refractivity contribution < 1.29 is 0 Å². The molecule has 1 aliphatic heterocycles. The maximum absolute atomic E-state index is 4.69. The van der Waals surface area contributed by atoms with E-state index in [1.54, 1.807) is 0 Å². The van der Waals surface area contributed by atoms with Crippen LogP contribution in [0.3, 0.4) is 0 Å². The van der Waals surface area contributed by atoms with Crippen LogP contribution in [0, 0.1) is 26.7 Å². The van der Waals surface area contributed by atoms with Gasteiger partial charge < -0.3 is 4.57 Å². The van der Waals surface area contributed by atoms with Crippen molar-refractivity contribution >= 4 is 11.2 Å². The first-order valence-corrected chi connectivity index (χ1v) is 10.4. The fourth-order valence-corrected chi connectivity index (χ4v) is 4.63. The highest BCUT2D eigenvalue weighted by molar-refractivity contribution is 5.72. The van der Waals surface area contributed by atoms with E-state index in [0.29, 0.717) is 12.0 Å². The Labute approximate surface area is 167 Å². The molecule has 0 bridgehead atoms. The van der Waals surface area contributed by atoms with Gasteiger partial charge in [0.25, 0.3) is 0 Å². The zero-order chi connectivity index (χ0) is 19.8. The SMILES string of the molecule is Cc1cc(CC2CCCN(C(C)c3cnc4c(c3)nc(C)n4C)C2)cc(C)n1. The van der Waals surface area contributed by atoms with Crippen molar-refractivity contribution in [3.05, 3.63) is 52.7 Å². The molecule has 4 rings (SSSR count).